The number of aromatic nitrogens is 2. The van der Waals surface area contributed by atoms with Gasteiger partial charge in [0.25, 0.3) is 0 Å². The first-order chi connectivity index (χ1) is 18.7. The third-order valence-electron chi connectivity index (χ3n) is 8.75. The van der Waals surface area contributed by atoms with Crippen molar-refractivity contribution in [2.45, 2.75) is 79.1 Å². The van der Waals surface area contributed by atoms with Gasteiger partial charge in [-0.15, -0.1) is 0 Å². The number of nitrogens with one attached hydrogen (secondary N) is 1. The van der Waals surface area contributed by atoms with E-state index in [0.29, 0.717) is 0 Å². The monoisotopic (exact) mass is 528 g/mol. The minimum atomic E-state index is -0.317. The van der Waals surface area contributed by atoms with Crippen molar-refractivity contribution in [3.8, 4) is 22.5 Å². The molecule has 0 radical (unpaired) electrons. The van der Waals surface area contributed by atoms with Crippen molar-refractivity contribution in [3.63, 3.8) is 0 Å². The molecule has 0 bridgehead atoms. The first kappa shape index (κ1) is 26.5. The second-order valence-corrected chi connectivity index (χ2v) is 14.3. The number of benzene rings is 3. The highest BCUT2D eigenvalue weighted by atomic mass is 16.1. The van der Waals surface area contributed by atoms with Crippen LogP contribution in [0.3, 0.4) is 0 Å². The Hall–Kier alpha value is -3.72. The molecule has 2 aromatic heterocycles. The van der Waals surface area contributed by atoms with E-state index in [2.05, 4.69) is 127 Å². The molecular formula is C37H40N2O. The minimum Gasteiger partial charge on any atom is -0.354 e. The first-order valence-electron chi connectivity index (χ1n) is 14.5. The van der Waals surface area contributed by atoms with Crippen LogP contribution in [-0.2, 0) is 17.3 Å². The van der Waals surface area contributed by atoms with Crippen molar-refractivity contribution in [1.82, 2.24) is 9.97 Å². The van der Waals surface area contributed by atoms with Crippen molar-refractivity contribution in [2.24, 2.45) is 5.41 Å². The number of nitrogens with zero attached hydrogens (tertiary/aromatic N) is 1. The maximum atomic E-state index is 13.2. The van der Waals surface area contributed by atoms with Gasteiger partial charge in [0.15, 0.2) is 5.78 Å². The Labute approximate surface area is 238 Å². The van der Waals surface area contributed by atoms with Gasteiger partial charge in [-0.05, 0) is 82.8 Å². The summed E-state index contributed by atoms with van der Waals surface area (Å²) in [6.45, 7) is 17.7. The minimum absolute atomic E-state index is 0.0164. The Morgan fingerprint density at radius 1 is 0.750 bits per heavy atom. The Morgan fingerprint density at radius 2 is 1.45 bits per heavy atom. The van der Waals surface area contributed by atoms with Gasteiger partial charge < -0.3 is 4.98 Å². The predicted octanol–water partition coefficient (Wildman–Crippen LogP) is 9.80. The van der Waals surface area contributed by atoms with Crippen molar-refractivity contribution < 1.29 is 4.79 Å². The Balaban J connectivity index is 1.54. The van der Waals surface area contributed by atoms with Gasteiger partial charge in [-0.3, -0.25) is 4.79 Å². The Bertz CT molecular complexity index is 1800. The van der Waals surface area contributed by atoms with E-state index in [4.69, 9.17) is 4.98 Å². The summed E-state index contributed by atoms with van der Waals surface area (Å²) in [6.07, 6.45) is 1.84. The summed E-state index contributed by atoms with van der Waals surface area (Å²) in [5.41, 5.74) is 10.5. The van der Waals surface area contributed by atoms with Crippen molar-refractivity contribution in [3.05, 3.63) is 89.0 Å². The van der Waals surface area contributed by atoms with Crippen LogP contribution in [0.1, 0.15) is 88.9 Å². The molecule has 0 fully saturated rings. The number of H-pyrrole nitrogens is 1. The van der Waals surface area contributed by atoms with E-state index in [9.17, 15) is 4.79 Å². The molecule has 3 nitrogen and oxygen atoms in total. The Kier molecular flexibility index (Phi) is 5.89. The van der Waals surface area contributed by atoms with Gasteiger partial charge in [0.1, 0.15) is 0 Å². The van der Waals surface area contributed by atoms with Crippen LogP contribution < -0.4 is 0 Å². The maximum Gasteiger partial charge on any atom is 0.168 e. The molecule has 40 heavy (non-hydrogen) atoms. The summed E-state index contributed by atoms with van der Waals surface area (Å²) in [4.78, 5) is 22.2. The highest BCUT2D eigenvalue weighted by molar-refractivity contribution is 6.12. The van der Waals surface area contributed by atoms with Gasteiger partial charge in [0.05, 0.1) is 16.9 Å². The number of hydrogen-bond donors (Lipinski definition) is 1. The molecule has 0 saturated heterocycles. The van der Waals surface area contributed by atoms with Gasteiger partial charge in [-0.2, -0.15) is 0 Å². The number of carbonyl (C=O) groups excluding carboxylic acids is 1. The van der Waals surface area contributed by atoms with Gasteiger partial charge in [0, 0.05) is 38.4 Å². The fourth-order valence-corrected chi connectivity index (χ4v) is 5.94. The van der Waals surface area contributed by atoms with Gasteiger partial charge in [-0.1, -0.05) is 79.7 Å². The molecule has 1 aliphatic rings. The Morgan fingerprint density at radius 3 is 2.17 bits per heavy atom. The standard InChI is InChI=1S/C37H40N2O/c1-35(2,3)24-14-15-32-27(19-24)28-20-25(36(4,5)6)21-29(33(28)39-32)31-11-9-10-30(38-31)23-13-12-22-16-17-37(7,8)34(40)26(22)18-23/h9-15,18-21,39H,16-17H2,1-8H3. The largest absolute Gasteiger partial charge is 0.354 e. The lowest BCUT2D eigenvalue weighted by Crippen LogP contribution is -2.30. The quantitative estimate of drug-likeness (QED) is 0.248. The van der Waals surface area contributed by atoms with Crippen LogP contribution in [-0.4, -0.2) is 15.8 Å². The fourth-order valence-electron chi connectivity index (χ4n) is 5.94. The zero-order chi connectivity index (χ0) is 28.6. The molecule has 0 atom stereocenters. The van der Waals surface area contributed by atoms with Gasteiger partial charge in [-0.25, -0.2) is 4.98 Å². The van der Waals surface area contributed by atoms with E-state index >= 15 is 0 Å². The smallest absolute Gasteiger partial charge is 0.168 e. The zero-order valence-electron chi connectivity index (χ0n) is 25.1. The summed E-state index contributed by atoms with van der Waals surface area (Å²) in [5.74, 6) is 0.235. The first-order valence-corrected chi connectivity index (χ1v) is 14.5. The number of hydrogen-bond acceptors (Lipinski definition) is 2. The summed E-state index contributed by atoms with van der Waals surface area (Å²) in [5, 5.41) is 2.49. The SMILES string of the molecule is CC1(C)CCc2ccc(-c3cccc(-c4cc(C(C)(C)C)cc5c4[nH]c4ccc(C(C)(C)C)cc45)n3)cc2C1=O. The predicted molar refractivity (Wildman–Crippen MR) is 168 cm³/mol. The normalized spacial score (nSPS) is 15.6. The van der Waals surface area contributed by atoms with Gasteiger partial charge in [0.2, 0.25) is 0 Å². The molecule has 6 rings (SSSR count). The number of ketones is 1. The topological polar surface area (TPSA) is 45.8 Å². The van der Waals surface area contributed by atoms with Crippen LogP contribution in [0.4, 0.5) is 0 Å². The van der Waals surface area contributed by atoms with E-state index in [0.717, 1.165) is 57.5 Å². The summed E-state index contributed by atoms with van der Waals surface area (Å²) in [7, 11) is 0. The molecule has 5 aromatic rings. The van der Waals surface area contributed by atoms with E-state index < -0.39 is 0 Å². The number of Topliss-reactive ketones (excluding diaryl/α,β-unsaturated/α-hetero) is 1. The third-order valence-corrected chi connectivity index (χ3v) is 8.75. The van der Waals surface area contributed by atoms with Gasteiger partial charge >= 0.3 is 0 Å². The molecule has 2 heterocycles. The molecule has 0 amide bonds. The molecule has 0 unspecified atom stereocenters. The van der Waals surface area contributed by atoms with E-state index in [1.54, 1.807) is 0 Å². The third kappa shape index (κ3) is 4.46. The molecule has 3 aromatic carbocycles. The number of fused-ring (bicyclic) bond motifs is 4. The average molecular weight is 529 g/mol. The number of aryl methyl sites for hydroxylation is 1. The zero-order valence-corrected chi connectivity index (χ0v) is 25.1. The molecule has 0 aliphatic heterocycles. The second kappa shape index (κ2) is 8.89. The van der Waals surface area contributed by atoms with Crippen LogP contribution in [0.15, 0.2) is 66.7 Å². The van der Waals surface area contributed by atoms with E-state index in [-0.39, 0.29) is 22.0 Å². The van der Waals surface area contributed by atoms with Crippen molar-refractivity contribution in [1.29, 1.82) is 0 Å². The molecule has 3 heteroatoms. The van der Waals surface area contributed by atoms with Crippen molar-refractivity contribution in [2.75, 3.05) is 0 Å². The summed E-state index contributed by atoms with van der Waals surface area (Å²) >= 11 is 0. The molecule has 1 N–H and O–H groups in total. The number of rotatable bonds is 2. The van der Waals surface area contributed by atoms with Crippen molar-refractivity contribution >= 4 is 27.6 Å². The summed E-state index contributed by atoms with van der Waals surface area (Å²) < 4.78 is 0. The highest BCUT2D eigenvalue weighted by Gasteiger charge is 2.34. The van der Waals surface area contributed by atoms with Crippen LogP contribution in [0.25, 0.3) is 44.3 Å². The molecular weight excluding hydrogens is 488 g/mol. The van der Waals surface area contributed by atoms with Crippen LogP contribution in [0.2, 0.25) is 0 Å². The van der Waals surface area contributed by atoms with Crippen LogP contribution >= 0.6 is 0 Å². The lowest BCUT2D eigenvalue weighted by Gasteiger charge is -2.29. The summed E-state index contributed by atoms with van der Waals surface area (Å²) in [6, 6.07) is 24.0. The average Bonchev–Trinajstić information content (AvgIpc) is 3.27. The highest BCUT2D eigenvalue weighted by Crippen LogP contribution is 2.40. The van der Waals surface area contributed by atoms with E-state index in [1.807, 2.05) is 0 Å². The fraction of sp³-hybridized carbons (Fsp3) is 0.351. The number of carbonyl (C=O) groups is 1. The number of pyridine rings is 1. The molecule has 0 spiro atoms. The maximum absolute atomic E-state index is 13.2. The lowest BCUT2D eigenvalue weighted by atomic mass is 9.73. The second-order valence-electron chi connectivity index (χ2n) is 14.3. The molecule has 0 saturated carbocycles. The van der Waals surface area contributed by atoms with E-state index in [1.165, 1.54) is 21.9 Å². The molecule has 204 valence electrons. The van der Waals surface area contributed by atoms with Crippen LogP contribution in [0, 0.1) is 5.41 Å². The number of aromatic amines is 1. The van der Waals surface area contributed by atoms with Crippen LogP contribution in [0.5, 0.6) is 0 Å². The molecule has 1 aliphatic carbocycles. The lowest BCUT2D eigenvalue weighted by molar-refractivity contribution is 0.0811.